The molecular formula is C25H29BrN2O6. The van der Waals surface area contributed by atoms with Crippen LogP contribution >= 0.6 is 15.9 Å². The highest BCUT2D eigenvalue weighted by Gasteiger charge is 2.11. The maximum absolute atomic E-state index is 12.1. The number of carbonyl (C=O) groups is 4. The van der Waals surface area contributed by atoms with Crippen molar-refractivity contribution < 1.29 is 28.7 Å². The molecule has 0 aliphatic rings. The molecule has 0 heterocycles. The Hall–Kier alpha value is -3.20. The normalized spacial score (nSPS) is 10.5. The fraction of sp³-hybridized carbons (Fsp3) is 0.360. The molecule has 0 aliphatic carbocycles. The summed E-state index contributed by atoms with van der Waals surface area (Å²) in [6.07, 6.45) is 0.397. The zero-order valence-electron chi connectivity index (χ0n) is 19.5. The van der Waals surface area contributed by atoms with E-state index in [4.69, 9.17) is 9.47 Å². The summed E-state index contributed by atoms with van der Waals surface area (Å²) in [6.45, 7) is 5.75. The van der Waals surface area contributed by atoms with Gasteiger partial charge in [0.05, 0.1) is 12.2 Å². The second-order valence-electron chi connectivity index (χ2n) is 8.14. The van der Waals surface area contributed by atoms with E-state index in [1.807, 2.05) is 26.8 Å². The Balaban J connectivity index is 1.65. The molecule has 0 aromatic heterocycles. The number of halogens is 1. The number of aryl methyl sites for hydroxylation is 1. The second kappa shape index (κ2) is 13.5. The van der Waals surface area contributed by atoms with Crippen LogP contribution in [0.2, 0.25) is 0 Å². The lowest BCUT2D eigenvalue weighted by atomic mass is 10.2. The number of carbonyl (C=O) groups excluding carboxylic acids is 4. The molecule has 182 valence electrons. The van der Waals surface area contributed by atoms with Crippen molar-refractivity contribution in [3.63, 3.8) is 0 Å². The van der Waals surface area contributed by atoms with Crippen LogP contribution in [0.3, 0.4) is 0 Å². The third-order valence-corrected chi connectivity index (χ3v) is 5.43. The van der Waals surface area contributed by atoms with Crippen molar-refractivity contribution in [2.24, 2.45) is 5.92 Å². The summed E-state index contributed by atoms with van der Waals surface area (Å²) in [5, 5.41) is 5.37. The van der Waals surface area contributed by atoms with Crippen molar-refractivity contribution in [2.75, 3.05) is 23.8 Å². The Morgan fingerprint density at radius 3 is 2.18 bits per heavy atom. The standard InChI is InChI=1S/C25H29BrN2O6/c1-16(2)14-34-25(32)18-7-9-19(10-8-18)27-22(29)5-4-6-24(31)33-15-23(30)28-20-11-12-21(26)17(3)13-20/h7-13,16H,4-6,14-15H2,1-3H3,(H,27,29)(H,28,30). The van der Waals surface area contributed by atoms with Crippen LogP contribution in [0.4, 0.5) is 11.4 Å². The number of nitrogens with one attached hydrogen (secondary N) is 2. The number of ether oxygens (including phenoxy) is 2. The number of benzene rings is 2. The molecule has 0 atom stereocenters. The van der Waals surface area contributed by atoms with Gasteiger partial charge in [-0.15, -0.1) is 0 Å². The van der Waals surface area contributed by atoms with Crippen molar-refractivity contribution >= 4 is 51.1 Å². The molecule has 0 unspecified atom stereocenters. The van der Waals surface area contributed by atoms with Crippen LogP contribution in [0.15, 0.2) is 46.9 Å². The molecule has 2 aromatic rings. The van der Waals surface area contributed by atoms with Crippen molar-refractivity contribution in [3.8, 4) is 0 Å². The smallest absolute Gasteiger partial charge is 0.338 e. The van der Waals surface area contributed by atoms with Crippen LogP contribution in [0, 0.1) is 12.8 Å². The highest BCUT2D eigenvalue weighted by atomic mass is 79.9. The lowest BCUT2D eigenvalue weighted by molar-refractivity contribution is -0.147. The lowest BCUT2D eigenvalue weighted by Crippen LogP contribution is -2.21. The van der Waals surface area contributed by atoms with Gasteiger partial charge in [-0.3, -0.25) is 14.4 Å². The monoisotopic (exact) mass is 532 g/mol. The topological polar surface area (TPSA) is 111 Å². The molecule has 34 heavy (non-hydrogen) atoms. The zero-order chi connectivity index (χ0) is 25.1. The van der Waals surface area contributed by atoms with E-state index in [1.54, 1.807) is 36.4 Å². The quantitative estimate of drug-likeness (QED) is 0.399. The SMILES string of the molecule is Cc1cc(NC(=O)COC(=O)CCCC(=O)Nc2ccc(C(=O)OCC(C)C)cc2)ccc1Br. The molecule has 0 aliphatic heterocycles. The van der Waals surface area contributed by atoms with Gasteiger partial charge >= 0.3 is 11.9 Å². The molecule has 0 saturated carbocycles. The zero-order valence-corrected chi connectivity index (χ0v) is 21.1. The van der Waals surface area contributed by atoms with Gasteiger partial charge < -0.3 is 20.1 Å². The van der Waals surface area contributed by atoms with Crippen molar-refractivity contribution in [1.29, 1.82) is 0 Å². The average molecular weight is 533 g/mol. The average Bonchev–Trinajstić information content (AvgIpc) is 2.79. The summed E-state index contributed by atoms with van der Waals surface area (Å²) in [5.41, 5.74) is 2.51. The van der Waals surface area contributed by atoms with Crippen LogP contribution in [0.5, 0.6) is 0 Å². The van der Waals surface area contributed by atoms with Gasteiger partial charge in [0, 0.05) is 28.7 Å². The summed E-state index contributed by atoms with van der Waals surface area (Å²) in [4.78, 5) is 47.8. The number of amides is 2. The predicted octanol–water partition coefficient (Wildman–Crippen LogP) is 4.86. The maximum Gasteiger partial charge on any atom is 0.338 e. The van der Waals surface area contributed by atoms with E-state index >= 15 is 0 Å². The lowest BCUT2D eigenvalue weighted by Gasteiger charge is -2.09. The van der Waals surface area contributed by atoms with E-state index < -0.39 is 24.5 Å². The number of hydrogen-bond donors (Lipinski definition) is 2. The Labute approximate surface area is 207 Å². The molecule has 0 saturated heterocycles. The van der Waals surface area contributed by atoms with Crippen LogP contribution in [-0.2, 0) is 23.9 Å². The summed E-state index contributed by atoms with van der Waals surface area (Å²) < 4.78 is 11.1. The van der Waals surface area contributed by atoms with Crippen LogP contribution in [0.1, 0.15) is 49.0 Å². The van der Waals surface area contributed by atoms with Crippen LogP contribution < -0.4 is 10.6 Å². The molecule has 0 fully saturated rings. The summed E-state index contributed by atoms with van der Waals surface area (Å²) in [6, 6.07) is 11.7. The molecule has 9 heteroatoms. The minimum Gasteiger partial charge on any atom is -0.462 e. The van der Waals surface area contributed by atoms with Gasteiger partial charge in [0.2, 0.25) is 5.91 Å². The second-order valence-corrected chi connectivity index (χ2v) is 9.00. The Kier molecular flexibility index (Phi) is 10.7. The molecule has 0 spiro atoms. The van der Waals surface area contributed by atoms with E-state index in [-0.39, 0.29) is 31.1 Å². The van der Waals surface area contributed by atoms with Gasteiger partial charge in [-0.05, 0) is 67.3 Å². The van der Waals surface area contributed by atoms with Gasteiger partial charge in [0.15, 0.2) is 6.61 Å². The first-order valence-electron chi connectivity index (χ1n) is 10.9. The molecule has 0 radical (unpaired) electrons. The number of hydrogen-bond acceptors (Lipinski definition) is 6. The van der Waals surface area contributed by atoms with Gasteiger partial charge in [0.1, 0.15) is 0 Å². The number of rotatable bonds is 11. The maximum atomic E-state index is 12.1. The van der Waals surface area contributed by atoms with Gasteiger partial charge in [-0.1, -0.05) is 29.8 Å². The summed E-state index contributed by atoms with van der Waals surface area (Å²) in [7, 11) is 0. The van der Waals surface area contributed by atoms with Crippen LogP contribution in [0.25, 0.3) is 0 Å². The van der Waals surface area contributed by atoms with Gasteiger partial charge in [0.25, 0.3) is 5.91 Å². The largest absolute Gasteiger partial charge is 0.462 e. The Bertz CT molecular complexity index is 1020. The van der Waals surface area contributed by atoms with Crippen molar-refractivity contribution in [2.45, 2.75) is 40.0 Å². The minimum absolute atomic E-state index is 0.0126. The number of anilines is 2. The highest BCUT2D eigenvalue weighted by molar-refractivity contribution is 9.10. The molecule has 2 amide bonds. The summed E-state index contributed by atoms with van der Waals surface area (Å²) in [5.74, 6) is -1.43. The minimum atomic E-state index is -0.556. The number of esters is 2. The molecule has 0 bridgehead atoms. The van der Waals surface area contributed by atoms with Crippen LogP contribution in [-0.4, -0.2) is 37.0 Å². The summed E-state index contributed by atoms with van der Waals surface area (Å²) >= 11 is 3.39. The molecule has 8 nitrogen and oxygen atoms in total. The predicted molar refractivity (Wildman–Crippen MR) is 133 cm³/mol. The first-order chi connectivity index (χ1) is 16.1. The highest BCUT2D eigenvalue weighted by Crippen LogP contribution is 2.20. The Morgan fingerprint density at radius 1 is 0.882 bits per heavy atom. The Morgan fingerprint density at radius 2 is 1.53 bits per heavy atom. The fourth-order valence-electron chi connectivity index (χ4n) is 2.77. The van der Waals surface area contributed by atoms with E-state index in [2.05, 4.69) is 26.6 Å². The van der Waals surface area contributed by atoms with E-state index in [0.717, 1.165) is 10.0 Å². The first kappa shape index (κ1) is 27.0. The fourth-order valence-corrected chi connectivity index (χ4v) is 3.02. The van der Waals surface area contributed by atoms with Gasteiger partial charge in [-0.25, -0.2) is 4.79 Å². The van der Waals surface area contributed by atoms with Gasteiger partial charge in [-0.2, -0.15) is 0 Å². The van der Waals surface area contributed by atoms with E-state index in [1.165, 1.54) is 0 Å². The van der Waals surface area contributed by atoms with Crippen molar-refractivity contribution in [3.05, 3.63) is 58.1 Å². The molecule has 2 N–H and O–H groups in total. The molecular weight excluding hydrogens is 504 g/mol. The third kappa shape index (κ3) is 9.74. The van der Waals surface area contributed by atoms with E-state index in [0.29, 0.717) is 23.5 Å². The molecule has 2 rings (SSSR count). The van der Waals surface area contributed by atoms with Crippen molar-refractivity contribution in [1.82, 2.24) is 0 Å². The third-order valence-electron chi connectivity index (χ3n) is 4.54. The first-order valence-corrected chi connectivity index (χ1v) is 11.7. The molecule has 2 aromatic carbocycles. The van der Waals surface area contributed by atoms with E-state index in [9.17, 15) is 19.2 Å².